The fourth-order valence-corrected chi connectivity index (χ4v) is 1.66. The van der Waals surface area contributed by atoms with Crippen molar-refractivity contribution in [2.24, 2.45) is 11.7 Å². The van der Waals surface area contributed by atoms with Crippen LogP contribution in [0, 0.1) is 5.92 Å². The molecule has 0 aliphatic heterocycles. The largest absolute Gasteiger partial charge is 0.504 e. The van der Waals surface area contributed by atoms with Crippen LogP contribution >= 0.6 is 0 Å². The van der Waals surface area contributed by atoms with E-state index < -0.39 is 12.0 Å². The molecule has 6 heteroatoms. The SMILES string of the molecule is CC(C)COCCOC(=O)[C@@H](N)Cc1ccc(O)c(O)c1. The summed E-state index contributed by atoms with van der Waals surface area (Å²) in [6, 6.07) is 3.49. The van der Waals surface area contributed by atoms with Gasteiger partial charge in [-0.15, -0.1) is 0 Å². The van der Waals surface area contributed by atoms with Gasteiger partial charge in [0.25, 0.3) is 0 Å². The van der Waals surface area contributed by atoms with E-state index in [1.807, 2.05) is 13.8 Å². The number of hydrogen-bond donors (Lipinski definition) is 3. The van der Waals surface area contributed by atoms with Crippen LogP contribution in [0.15, 0.2) is 18.2 Å². The first-order valence-electron chi connectivity index (χ1n) is 6.91. The Balaban J connectivity index is 2.32. The van der Waals surface area contributed by atoms with Crippen molar-refractivity contribution in [3.63, 3.8) is 0 Å². The van der Waals surface area contributed by atoms with Crippen LogP contribution in [0.4, 0.5) is 0 Å². The molecule has 21 heavy (non-hydrogen) atoms. The van der Waals surface area contributed by atoms with E-state index in [4.69, 9.17) is 15.2 Å². The highest BCUT2D eigenvalue weighted by Gasteiger charge is 2.16. The Kier molecular flexibility index (Phi) is 6.98. The van der Waals surface area contributed by atoms with E-state index in [1.54, 1.807) is 6.07 Å². The summed E-state index contributed by atoms with van der Waals surface area (Å²) in [5, 5.41) is 18.6. The lowest BCUT2D eigenvalue weighted by molar-refractivity contribution is -0.146. The van der Waals surface area contributed by atoms with Crippen LogP contribution in [0.25, 0.3) is 0 Å². The quantitative estimate of drug-likeness (QED) is 0.378. The van der Waals surface area contributed by atoms with Crippen molar-refractivity contribution in [3.05, 3.63) is 23.8 Å². The van der Waals surface area contributed by atoms with Crippen LogP contribution in [0.2, 0.25) is 0 Å². The molecule has 0 saturated carbocycles. The Morgan fingerprint density at radius 3 is 2.57 bits per heavy atom. The molecule has 1 rings (SSSR count). The highest BCUT2D eigenvalue weighted by molar-refractivity contribution is 5.75. The molecule has 0 saturated heterocycles. The molecule has 1 aromatic carbocycles. The second kappa shape index (κ2) is 8.49. The van der Waals surface area contributed by atoms with Gasteiger partial charge in [-0.2, -0.15) is 0 Å². The van der Waals surface area contributed by atoms with Gasteiger partial charge in [-0.25, -0.2) is 0 Å². The summed E-state index contributed by atoms with van der Waals surface area (Å²) in [5.41, 5.74) is 6.39. The number of ether oxygens (including phenoxy) is 2. The summed E-state index contributed by atoms with van der Waals surface area (Å²) in [6.07, 6.45) is 0.222. The topological polar surface area (TPSA) is 102 Å². The summed E-state index contributed by atoms with van der Waals surface area (Å²) < 4.78 is 10.3. The molecule has 0 bridgehead atoms. The molecule has 118 valence electrons. The molecule has 0 aromatic heterocycles. The molecule has 0 aliphatic rings. The molecule has 0 radical (unpaired) electrons. The Hall–Kier alpha value is -1.79. The van der Waals surface area contributed by atoms with Crippen molar-refractivity contribution in [2.45, 2.75) is 26.3 Å². The van der Waals surface area contributed by atoms with E-state index in [9.17, 15) is 15.0 Å². The molecule has 0 fully saturated rings. The third-order valence-corrected chi connectivity index (χ3v) is 2.72. The number of carbonyl (C=O) groups is 1. The zero-order valence-corrected chi connectivity index (χ0v) is 12.4. The maximum atomic E-state index is 11.7. The smallest absolute Gasteiger partial charge is 0.323 e. The predicted octanol–water partition coefficient (Wildman–Crippen LogP) is 1.18. The van der Waals surface area contributed by atoms with Gasteiger partial charge in [-0.05, 0) is 30.0 Å². The highest BCUT2D eigenvalue weighted by atomic mass is 16.6. The molecular formula is C15H23NO5. The number of phenols is 2. The molecular weight excluding hydrogens is 274 g/mol. The third-order valence-electron chi connectivity index (χ3n) is 2.72. The monoisotopic (exact) mass is 297 g/mol. The molecule has 0 spiro atoms. The van der Waals surface area contributed by atoms with Gasteiger partial charge in [-0.3, -0.25) is 4.79 Å². The second-order valence-electron chi connectivity index (χ2n) is 5.27. The van der Waals surface area contributed by atoms with Gasteiger partial charge < -0.3 is 25.4 Å². The van der Waals surface area contributed by atoms with Crippen LogP contribution in [-0.4, -0.2) is 42.0 Å². The molecule has 6 nitrogen and oxygen atoms in total. The number of benzene rings is 1. The first kappa shape index (κ1) is 17.3. The van der Waals surface area contributed by atoms with E-state index in [2.05, 4.69) is 0 Å². The lowest BCUT2D eigenvalue weighted by Gasteiger charge is -2.12. The number of carbonyl (C=O) groups excluding carboxylic acids is 1. The van der Waals surface area contributed by atoms with Crippen molar-refractivity contribution < 1.29 is 24.5 Å². The van der Waals surface area contributed by atoms with Gasteiger partial charge in [0.05, 0.1) is 6.61 Å². The van der Waals surface area contributed by atoms with E-state index in [1.165, 1.54) is 12.1 Å². The number of phenolic OH excluding ortho intramolecular Hbond substituents is 2. The van der Waals surface area contributed by atoms with Crippen LogP contribution in [0.5, 0.6) is 11.5 Å². The van der Waals surface area contributed by atoms with Crippen molar-refractivity contribution in [1.82, 2.24) is 0 Å². The van der Waals surface area contributed by atoms with Crippen LogP contribution in [0.1, 0.15) is 19.4 Å². The average molecular weight is 297 g/mol. The second-order valence-corrected chi connectivity index (χ2v) is 5.27. The number of aromatic hydroxyl groups is 2. The lowest BCUT2D eigenvalue weighted by atomic mass is 10.1. The molecule has 0 heterocycles. The summed E-state index contributed by atoms with van der Waals surface area (Å²) in [5.74, 6) is -0.534. The first-order valence-corrected chi connectivity index (χ1v) is 6.91. The normalized spacial score (nSPS) is 12.4. The summed E-state index contributed by atoms with van der Waals surface area (Å²) in [6.45, 7) is 5.21. The lowest BCUT2D eigenvalue weighted by Crippen LogP contribution is -2.35. The van der Waals surface area contributed by atoms with Crippen LogP contribution < -0.4 is 5.73 Å². The molecule has 1 aromatic rings. The van der Waals surface area contributed by atoms with Gasteiger partial charge >= 0.3 is 5.97 Å². The van der Waals surface area contributed by atoms with E-state index in [0.29, 0.717) is 24.7 Å². The fraction of sp³-hybridized carbons (Fsp3) is 0.533. The van der Waals surface area contributed by atoms with Crippen molar-refractivity contribution >= 4 is 5.97 Å². The predicted molar refractivity (Wildman–Crippen MR) is 78.1 cm³/mol. The summed E-state index contributed by atoms with van der Waals surface area (Å²) in [7, 11) is 0. The van der Waals surface area contributed by atoms with Gasteiger partial charge in [0.15, 0.2) is 11.5 Å². The molecule has 4 N–H and O–H groups in total. The van der Waals surface area contributed by atoms with Gasteiger partial charge in [0, 0.05) is 6.61 Å². The van der Waals surface area contributed by atoms with E-state index >= 15 is 0 Å². The maximum Gasteiger partial charge on any atom is 0.323 e. The van der Waals surface area contributed by atoms with Crippen molar-refractivity contribution in [2.75, 3.05) is 19.8 Å². The van der Waals surface area contributed by atoms with E-state index in [-0.39, 0.29) is 24.5 Å². The zero-order valence-electron chi connectivity index (χ0n) is 12.4. The number of rotatable bonds is 8. The molecule has 0 aliphatic carbocycles. The number of hydrogen-bond acceptors (Lipinski definition) is 6. The van der Waals surface area contributed by atoms with Crippen molar-refractivity contribution in [3.8, 4) is 11.5 Å². The minimum atomic E-state index is -0.820. The number of esters is 1. The minimum Gasteiger partial charge on any atom is -0.504 e. The summed E-state index contributed by atoms with van der Waals surface area (Å²) >= 11 is 0. The number of nitrogens with two attached hydrogens (primary N) is 1. The van der Waals surface area contributed by atoms with Crippen LogP contribution in [0.3, 0.4) is 0 Å². The van der Waals surface area contributed by atoms with Gasteiger partial charge in [-0.1, -0.05) is 19.9 Å². The Labute approximate surface area is 124 Å². The van der Waals surface area contributed by atoms with Gasteiger partial charge in [0.1, 0.15) is 12.6 Å². The zero-order chi connectivity index (χ0) is 15.8. The summed E-state index contributed by atoms with van der Waals surface area (Å²) in [4.78, 5) is 11.7. The van der Waals surface area contributed by atoms with E-state index in [0.717, 1.165) is 0 Å². The first-order chi connectivity index (χ1) is 9.90. The molecule has 0 unspecified atom stereocenters. The standard InChI is InChI=1S/C15H23NO5/c1-10(2)9-20-5-6-21-15(19)12(16)7-11-3-4-13(17)14(18)8-11/h3-4,8,10,12,17-18H,5-7,9,16H2,1-2H3/t12-/m0/s1. The Bertz CT molecular complexity index is 461. The molecule has 1 atom stereocenters. The minimum absolute atomic E-state index is 0.167. The Morgan fingerprint density at radius 1 is 1.24 bits per heavy atom. The Morgan fingerprint density at radius 2 is 1.95 bits per heavy atom. The fourth-order valence-electron chi connectivity index (χ4n) is 1.66. The maximum absolute atomic E-state index is 11.7. The third kappa shape index (κ3) is 6.46. The van der Waals surface area contributed by atoms with Gasteiger partial charge in [0.2, 0.25) is 0 Å². The van der Waals surface area contributed by atoms with Crippen LogP contribution in [-0.2, 0) is 20.7 Å². The highest BCUT2D eigenvalue weighted by Crippen LogP contribution is 2.25. The average Bonchev–Trinajstić information content (AvgIpc) is 2.42. The van der Waals surface area contributed by atoms with Crippen molar-refractivity contribution in [1.29, 1.82) is 0 Å². The molecule has 0 amide bonds.